The highest BCUT2D eigenvalue weighted by Gasteiger charge is 2.13. The van der Waals surface area contributed by atoms with Crippen molar-refractivity contribution in [2.24, 2.45) is 0 Å². The average molecular weight is 394 g/mol. The number of benzene rings is 2. The van der Waals surface area contributed by atoms with Crippen LogP contribution < -0.4 is 19.5 Å². The van der Waals surface area contributed by atoms with Crippen LogP contribution in [-0.4, -0.2) is 33.8 Å². The largest absolute Gasteiger partial charge is 0.497 e. The van der Waals surface area contributed by atoms with E-state index < -0.39 is 0 Å². The lowest BCUT2D eigenvalue weighted by atomic mass is 10.1. The lowest BCUT2D eigenvalue weighted by Gasteiger charge is -2.12. The van der Waals surface area contributed by atoms with E-state index >= 15 is 0 Å². The summed E-state index contributed by atoms with van der Waals surface area (Å²) in [5.74, 6) is 1.83. The van der Waals surface area contributed by atoms with Gasteiger partial charge < -0.3 is 19.5 Å². The highest BCUT2D eigenvalue weighted by Crippen LogP contribution is 2.25. The quantitative estimate of drug-likeness (QED) is 0.782. The molecule has 0 aliphatic heterocycles. The third kappa shape index (κ3) is 4.41. The molecule has 5 nitrogen and oxygen atoms in total. The molecule has 128 valence electrons. The lowest BCUT2D eigenvalue weighted by molar-refractivity contribution is 0.0951. The molecule has 0 bridgehead atoms. The standard InChI is InChI=1S/C18H20BrNO4/c1-22-14-6-4-12(17(11-14)24-3)8-9-20-18(21)15-10-13(19)5-7-16(15)23-2/h4-7,10-11H,8-9H2,1-3H3,(H,20,21). The highest BCUT2D eigenvalue weighted by molar-refractivity contribution is 9.10. The van der Waals surface area contributed by atoms with Crippen LogP contribution in [-0.2, 0) is 6.42 Å². The Labute approximate surface area is 150 Å². The molecule has 0 radical (unpaired) electrons. The van der Waals surface area contributed by atoms with Gasteiger partial charge in [0.2, 0.25) is 0 Å². The van der Waals surface area contributed by atoms with E-state index in [0.29, 0.717) is 24.3 Å². The third-order valence-electron chi connectivity index (χ3n) is 3.58. The first-order chi connectivity index (χ1) is 11.6. The Kier molecular flexibility index (Phi) is 6.49. The van der Waals surface area contributed by atoms with Crippen molar-refractivity contribution >= 4 is 21.8 Å². The van der Waals surface area contributed by atoms with Gasteiger partial charge in [0.15, 0.2) is 0 Å². The molecule has 0 aliphatic rings. The van der Waals surface area contributed by atoms with Crippen molar-refractivity contribution < 1.29 is 19.0 Å². The van der Waals surface area contributed by atoms with Gasteiger partial charge in [-0.15, -0.1) is 0 Å². The SMILES string of the molecule is COc1ccc(CCNC(=O)c2cc(Br)ccc2OC)c(OC)c1. The molecular weight excluding hydrogens is 374 g/mol. The number of amides is 1. The summed E-state index contributed by atoms with van der Waals surface area (Å²) >= 11 is 3.37. The zero-order valence-electron chi connectivity index (χ0n) is 13.9. The molecule has 1 amide bonds. The minimum Gasteiger partial charge on any atom is -0.497 e. The van der Waals surface area contributed by atoms with Gasteiger partial charge in [-0.05, 0) is 36.2 Å². The molecule has 1 N–H and O–H groups in total. The smallest absolute Gasteiger partial charge is 0.255 e. The van der Waals surface area contributed by atoms with Gasteiger partial charge in [-0.2, -0.15) is 0 Å². The van der Waals surface area contributed by atoms with Crippen molar-refractivity contribution in [2.45, 2.75) is 6.42 Å². The number of hydrogen-bond acceptors (Lipinski definition) is 4. The summed E-state index contributed by atoms with van der Waals surface area (Å²) in [5.41, 5.74) is 1.49. The molecule has 0 saturated heterocycles. The molecule has 0 unspecified atom stereocenters. The number of nitrogens with one attached hydrogen (secondary N) is 1. The van der Waals surface area contributed by atoms with Crippen molar-refractivity contribution in [3.63, 3.8) is 0 Å². The van der Waals surface area contributed by atoms with Crippen LogP contribution in [0.1, 0.15) is 15.9 Å². The number of carbonyl (C=O) groups excluding carboxylic acids is 1. The predicted molar refractivity (Wildman–Crippen MR) is 96.3 cm³/mol. The molecule has 2 aromatic carbocycles. The molecule has 0 atom stereocenters. The van der Waals surface area contributed by atoms with E-state index in [1.807, 2.05) is 24.3 Å². The number of hydrogen-bond donors (Lipinski definition) is 1. The Morgan fingerprint density at radius 2 is 1.75 bits per heavy atom. The monoisotopic (exact) mass is 393 g/mol. The summed E-state index contributed by atoms with van der Waals surface area (Å²) in [6, 6.07) is 11.0. The van der Waals surface area contributed by atoms with Crippen LogP contribution in [0.25, 0.3) is 0 Å². The van der Waals surface area contributed by atoms with Gasteiger partial charge in [0.25, 0.3) is 5.91 Å². The molecule has 6 heteroatoms. The Morgan fingerprint density at radius 1 is 1.00 bits per heavy atom. The Morgan fingerprint density at radius 3 is 2.42 bits per heavy atom. The van der Waals surface area contributed by atoms with Crippen molar-refractivity contribution in [1.29, 1.82) is 0 Å². The van der Waals surface area contributed by atoms with Crippen molar-refractivity contribution in [1.82, 2.24) is 5.32 Å². The zero-order valence-corrected chi connectivity index (χ0v) is 15.5. The molecule has 0 fully saturated rings. The second-order valence-corrected chi connectivity index (χ2v) is 5.94. The fourth-order valence-corrected chi connectivity index (χ4v) is 2.68. The van der Waals surface area contributed by atoms with Crippen LogP contribution >= 0.6 is 15.9 Å². The summed E-state index contributed by atoms with van der Waals surface area (Å²) < 4.78 is 16.6. The molecule has 0 heterocycles. The van der Waals surface area contributed by atoms with Gasteiger partial charge in [0.1, 0.15) is 17.2 Å². The molecule has 0 aliphatic carbocycles. The van der Waals surface area contributed by atoms with Crippen LogP contribution in [0, 0.1) is 0 Å². The minimum atomic E-state index is -0.180. The molecule has 2 aromatic rings. The number of ether oxygens (including phenoxy) is 3. The molecule has 2 rings (SSSR count). The van der Waals surface area contributed by atoms with E-state index in [1.165, 1.54) is 0 Å². The van der Waals surface area contributed by atoms with E-state index in [0.717, 1.165) is 21.5 Å². The summed E-state index contributed by atoms with van der Waals surface area (Å²) in [4.78, 5) is 12.4. The summed E-state index contributed by atoms with van der Waals surface area (Å²) in [6.07, 6.45) is 0.648. The van der Waals surface area contributed by atoms with Gasteiger partial charge >= 0.3 is 0 Å². The van der Waals surface area contributed by atoms with Crippen LogP contribution in [0.2, 0.25) is 0 Å². The van der Waals surface area contributed by atoms with E-state index in [9.17, 15) is 4.79 Å². The fourth-order valence-electron chi connectivity index (χ4n) is 2.32. The first-order valence-electron chi connectivity index (χ1n) is 7.41. The summed E-state index contributed by atoms with van der Waals surface area (Å²) in [7, 11) is 4.77. The van der Waals surface area contributed by atoms with E-state index in [-0.39, 0.29) is 5.91 Å². The average Bonchev–Trinajstić information content (AvgIpc) is 2.61. The second-order valence-electron chi connectivity index (χ2n) is 5.03. The number of halogens is 1. The van der Waals surface area contributed by atoms with Gasteiger partial charge in [0, 0.05) is 17.1 Å². The predicted octanol–water partition coefficient (Wildman–Crippen LogP) is 3.45. The van der Waals surface area contributed by atoms with E-state index in [1.54, 1.807) is 33.5 Å². The Balaban J connectivity index is 2.02. The van der Waals surface area contributed by atoms with Gasteiger partial charge in [0.05, 0.1) is 26.9 Å². The van der Waals surface area contributed by atoms with Crippen LogP contribution in [0.4, 0.5) is 0 Å². The van der Waals surface area contributed by atoms with Crippen LogP contribution in [0.15, 0.2) is 40.9 Å². The Hall–Kier alpha value is -2.21. The minimum absolute atomic E-state index is 0.180. The summed E-state index contributed by atoms with van der Waals surface area (Å²) in [5, 5.41) is 2.90. The third-order valence-corrected chi connectivity index (χ3v) is 4.07. The molecular formula is C18H20BrNO4. The van der Waals surface area contributed by atoms with Crippen molar-refractivity contribution in [3.8, 4) is 17.2 Å². The topological polar surface area (TPSA) is 56.8 Å². The van der Waals surface area contributed by atoms with Crippen LogP contribution in [0.3, 0.4) is 0 Å². The fraction of sp³-hybridized carbons (Fsp3) is 0.278. The molecule has 24 heavy (non-hydrogen) atoms. The van der Waals surface area contributed by atoms with Crippen molar-refractivity contribution in [2.75, 3.05) is 27.9 Å². The maximum absolute atomic E-state index is 12.4. The van der Waals surface area contributed by atoms with Crippen molar-refractivity contribution in [3.05, 3.63) is 52.0 Å². The normalized spacial score (nSPS) is 10.2. The maximum Gasteiger partial charge on any atom is 0.255 e. The Bertz CT molecular complexity index is 718. The highest BCUT2D eigenvalue weighted by atomic mass is 79.9. The van der Waals surface area contributed by atoms with E-state index in [4.69, 9.17) is 14.2 Å². The number of rotatable bonds is 7. The second kappa shape index (κ2) is 8.59. The van der Waals surface area contributed by atoms with Gasteiger partial charge in [-0.25, -0.2) is 0 Å². The molecule has 0 saturated carbocycles. The van der Waals surface area contributed by atoms with Gasteiger partial charge in [-0.1, -0.05) is 22.0 Å². The molecule has 0 spiro atoms. The van der Waals surface area contributed by atoms with Crippen LogP contribution in [0.5, 0.6) is 17.2 Å². The number of methoxy groups -OCH3 is 3. The summed E-state index contributed by atoms with van der Waals surface area (Å²) in [6.45, 7) is 0.483. The van der Waals surface area contributed by atoms with Gasteiger partial charge in [-0.3, -0.25) is 4.79 Å². The van der Waals surface area contributed by atoms with E-state index in [2.05, 4.69) is 21.2 Å². The lowest BCUT2D eigenvalue weighted by Crippen LogP contribution is -2.26. The maximum atomic E-state index is 12.4. The first-order valence-corrected chi connectivity index (χ1v) is 8.21. The first kappa shape index (κ1) is 18.1. The molecule has 0 aromatic heterocycles. The number of carbonyl (C=O) groups is 1. The zero-order chi connectivity index (χ0) is 17.5.